The number of nitrogens with two attached hydrogens (primary N) is 1. The molecule has 0 radical (unpaired) electrons. The molecule has 0 saturated carbocycles. The van der Waals surface area contributed by atoms with Crippen LogP contribution in [0.2, 0.25) is 0 Å². The Morgan fingerprint density at radius 2 is 1.63 bits per heavy atom. The molecule has 41 heavy (non-hydrogen) atoms. The van der Waals surface area contributed by atoms with Crippen LogP contribution in [-0.4, -0.2) is 69.6 Å². The Balaban J connectivity index is 2.91. The maximum Gasteiger partial charge on any atom is 0.223 e. The minimum absolute atomic E-state index is 0.00664. The highest BCUT2D eigenvalue weighted by Gasteiger charge is 2.31. The van der Waals surface area contributed by atoms with Crippen LogP contribution in [0.25, 0.3) is 0 Å². The topological polar surface area (TPSA) is 132 Å². The zero-order valence-corrected chi connectivity index (χ0v) is 26.9. The largest absolute Gasteiger partial charge is 0.493 e. The smallest absolute Gasteiger partial charge is 0.223 e. The van der Waals surface area contributed by atoms with Crippen LogP contribution in [0.4, 0.5) is 0 Å². The second kappa shape index (κ2) is 18.9. The lowest BCUT2D eigenvalue weighted by molar-refractivity contribution is -0.129. The number of benzene rings is 1. The third-order valence-corrected chi connectivity index (χ3v) is 7.94. The molecule has 0 saturated heterocycles. The van der Waals surface area contributed by atoms with Crippen LogP contribution >= 0.6 is 0 Å². The second-order valence-electron chi connectivity index (χ2n) is 12.2. The van der Waals surface area contributed by atoms with Crippen LogP contribution in [0.1, 0.15) is 72.8 Å². The predicted octanol–water partition coefficient (Wildman–Crippen LogP) is 3.94. The summed E-state index contributed by atoms with van der Waals surface area (Å²) in [6.07, 6.45) is 1.83. The molecule has 1 rings (SSSR count). The fourth-order valence-corrected chi connectivity index (χ4v) is 4.91. The van der Waals surface area contributed by atoms with Gasteiger partial charge in [0.15, 0.2) is 11.5 Å². The van der Waals surface area contributed by atoms with Gasteiger partial charge >= 0.3 is 0 Å². The van der Waals surface area contributed by atoms with Crippen molar-refractivity contribution >= 4 is 11.8 Å². The van der Waals surface area contributed by atoms with E-state index in [0.29, 0.717) is 37.1 Å². The maximum atomic E-state index is 13.3. The average molecular weight is 580 g/mol. The molecule has 9 nitrogen and oxygen atoms in total. The molecular weight excluding hydrogens is 522 g/mol. The Kier molecular flexibility index (Phi) is 16.9. The number of aliphatic hydroxyl groups is 1. The molecule has 0 aliphatic rings. The molecule has 0 unspecified atom stereocenters. The van der Waals surface area contributed by atoms with Gasteiger partial charge in [0.2, 0.25) is 11.8 Å². The van der Waals surface area contributed by atoms with Gasteiger partial charge in [0.1, 0.15) is 0 Å². The highest BCUT2D eigenvalue weighted by Crippen LogP contribution is 2.32. The number of carbonyl (C=O) groups is 2. The summed E-state index contributed by atoms with van der Waals surface area (Å²) in [6.45, 7) is 13.4. The summed E-state index contributed by atoms with van der Waals surface area (Å²) in [6, 6.07) is 5.23. The van der Waals surface area contributed by atoms with Crippen molar-refractivity contribution in [1.29, 1.82) is 0 Å². The highest BCUT2D eigenvalue weighted by molar-refractivity contribution is 5.81. The monoisotopic (exact) mass is 579 g/mol. The molecule has 2 amide bonds. The molecular formula is C32H57N3O6. The van der Waals surface area contributed by atoms with Crippen LogP contribution in [0.15, 0.2) is 18.2 Å². The van der Waals surface area contributed by atoms with Crippen LogP contribution in [0.5, 0.6) is 11.5 Å². The van der Waals surface area contributed by atoms with Crippen molar-refractivity contribution in [3.05, 3.63) is 23.8 Å². The Labute approximate surface area is 248 Å². The molecule has 0 fully saturated rings. The molecule has 0 aromatic heterocycles. The molecule has 1 aromatic rings. The van der Waals surface area contributed by atoms with E-state index in [1.807, 2.05) is 45.9 Å². The van der Waals surface area contributed by atoms with Crippen molar-refractivity contribution in [2.45, 2.75) is 91.8 Å². The van der Waals surface area contributed by atoms with E-state index in [1.165, 1.54) is 0 Å². The summed E-state index contributed by atoms with van der Waals surface area (Å²) in [5.41, 5.74) is 7.68. The van der Waals surface area contributed by atoms with E-state index < -0.39 is 18.1 Å². The zero-order chi connectivity index (χ0) is 31.1. The quantitative estimate of drug-likeness (QED) is 0.172. The summed E-state index contributed by atoms with van der Waals surface area (Å²) >= 11 is 0. The first-order valence-corrected chi connectivity index (χ1v) is 15.1. The fraction of sp³-hybridized carbons (Fsp3) is 0.750. The van der Waals surface area contributed by atoms with Crippen molar-refractivity contribution in [3.63, 3.8) is 0 Å². The van der Waals surface area contributed by atoms with Crippen molar-refractivity contribution in [2.75, 3.05) is 34.5 Å². The summed E-state index contributed by atoms with van der Waals surface area (Å²) < 4.78 is 16.6. The van der Waals surface area contributed by atoms with Gasteiger partial charge in [0.25, 0.3) is 0 Å². The van der Waals surface area contributed by atoms with E-state index >= 15 is 0 Å². The first kappa shape index (κ1) is 36.7. The van der Waals surface area contributed by atoms with Crippen molar-refractivity contribution in [1.82, 2.24) is 10.6 Å². The molecule has 0 aliphatic carbocycles. The lowest BCUT2D eigenvalue weighted by Gasteiger charge is -2.31. The molecule has 5 N–H and O–H groups in total. The first-order valence-electron chi connectivity index (χ1n) is 15.1. The molecule has 0 bridgehead atoms. The highest BCUT2D eigenvalue weighted by atomic mass is 16.5. The fourth-order valence-electron chi connectivity index (χ4n) is 4.91. The number of amides is 2. The summed E-state index contributed by atoms with van der Waals surface area (Å²) in [7, 11) is 4.89. The van der Waals surface area contributed by atoms with Gasteiger partial charge < -0.3 is 35.7 Å². The summed E-state index contributed by atoms with van der Waals surface area (Å²) in [5, 5.41) is 16.8. The van der Waals surface area contributed by atoms with Crippen molar-refractivity contribution in [2.24, 2.45) is 35.3 Å². The molecule has 1 aromatic carbocycles. The van der Waals surface area contributed by atoms with Gasteiger partial charge in [-0.3, -0.25) is 9.59 Å². The lowest BCUT2D eigenvalue weighted by Crippen LogP contribution is -2.47. The number of hydrogen-bond donors (Lipinski definition) is 4. The number of ether oxygens (including phenoxy) is 3. The van der Waals surface area contributed by atoms with Crippen LogP contribution < -0.4 is 25.8 Å². The standard InChI is InChI=1S/C32H57N3O6/c1-20(2)24(15-23-11-12-29(40-9)30(16-23)41-14-10-13-39-8)17-26(33)28(36)18-25(21(3)4)32(38)35-27(22(5)6)19-31(37)34-7/h11-12,16,20-22,24-28,36H,10,13-15,17-19,33H2,1-9H3,(H,34,37)(H,35,38)/t24-,25-,26-,27+,28-/m0/s1. The number of aliphatic hydroxyl groups excluding tert-OH is 1. The number of carbonyl (C=O) groups excluding carboxylic acids is 2. The molecule has 9 heteroatoms. The van der Waals surface area contributed by atoms with Crippen LogP contribution in [-0.2, 0) is 20.7 Å². The van der Waals surface area contributed by atoms with Gasteiger partial charge in [0.05, 0.1) is 19.8 Å². The molecule has 0 spiro atoms. The third kappa shape index (κ3) is 13.0. The van der Waals surface area contributed by atoms with E-state index in [2.05, 4.69) is 24.5 Å². The van der Waals surface area contributed by atoms with Gasteiger partial charge in [-0.25, -0.2) is 0 Å². The molecule has 236 valence electrons. The Morgan fingerprint density at radius 3 is 2.17 bits per heavy atom. The normalized spacial score (nSPS) is 15.4. The minimum atomic E-state index is -0.832. The number of hydrogen-bond acceptors (Lipinski definition) is 7. The SMILES string of the molecule is CNC(=O)C[C@@H](NC(=O)[C@@H](C[C@H](O)[C@@H](N)C[C@H](Cc1ccc(OC)c(OCCCOC)c1)C(C)C)C(C)C)C(C)C. The van der Waals surface area contributed by atoms with Gasteiger partial charge in [-0.15, -0.1) is 0 Å². The molecule has 0 aliphatic heterocycles. The Bertz CT molecular complexity index is 907. The zero-order valence-electron chi connectivity index (χ0n) is 26.9. The number of rotatable bonds is 20. The summed E-state index contributed by atoms with van der Waals surface area (Å²) in [4.78, 5) is 25.2. The van der Waals surface area contributed by atoms with Crippen LogP contribution in [0, 0.1) is 29.6 Å². The van der Waals surface area contributed by atoms with Crippen molar-refractivity contribution < 1.29 is 28.9 Å². The Hall–Kier alpha value is -2.36. The van der Waals surface area contributed by atoms with Crippen molar-refractivity contribution in [3.8, 4) is 11.5 Å². The maximum absolute atomic E-state index is 13.3. The van der Waals surface area contributed by atoms with E-state index in [9.17, 15) is 14.7 Å². The van der Waals surface area contributed by atoms with E-state index in [-0.39, 0.29) is 48.5 Å². The summed E-state index contributed by atoms with van der Waals surface area (Å²) in [5.74, 6) is 1.37. The van der Waals surface area contributed by atoms with Gasteiger partial charge in [-0.1, -0.05) is 47.6 Å². The van der Waals surface area contributed by atoms with Gasteiger partial charge in [-0.2, -0.15) is 0 Å². The van der Waals surface area contributed by atoms with Gasteiger partial charge in [0, 0.05) is 51.6 Å². The number of methoxy groups -OCH3 is 2. The van der Waals surface area contributed by atoms with E-state index in [1.54, 1.807) is 21.3 Å². The lowest BCUT2D eigenvalue weighted by atomic mass is 9.80. The van der Waals surface area contributed by atoms with E-state index in [0.717, 1.165) is 18.4 Å². The molecule has 5 atom stereocenters. The minimum Gasteiger partial charge on any atom is -0.493 e. The molecule has 0 heterocycles. The van der Waals surface area contributed by atoms with E-state index in [4.69, 9.17) is 19.9 Å². The third-order valence-electron chi connectivity index (χ3n) is 7.94. The predicted molar refractivity (Wildman–Crippen MR) is 164 cm³/mol. The van der Waals surface area contributed by atoms with Gasteiger partial charge in [-0.05, 0) is 60.6 Å². The average Bonchev–Trinajstić information content (AvgIpc) is 2.92. The Morgan fingerprint density at radius 1 is 0.951 bits per heavy atom. The number of nitrogens with one attached hydrogen (secondary N) is 2. The van der Waals surface area contributed by atoms with Crippen LogP contribution in [0.3, 0.4) is 0 Å². The first-order chi connectivity index (χ1) is 19.3. The second-order valence-corrected chi connectivity index (χ2v) is 12.2.